The zero-order valence-corrected chi connectivity index (χ0v) is 9.64. The summed E-state index contributed by atoms with van der Waals surface area (Å²) in [4.78, 5) is 0. The van der Waals surface area contributed by atoms with Gasteiger partial charge in [-0.05, 0) is 24.7 Å². The molecule has 1 aromatic carbocycles. The van der Waals surface area contributed by atoms with E-state index in [4.69, 9.17) is 0 Å². The van der Waals surface area contributed by atoms with E-state index in [-0.39, 0.29) is 11.9 Å². The maximum Gasteiger partial charge on any atom is 0.128 e. The monoisotopic (exact) mass is 257 g/mol. The molecule has 0 radical (unpaired) electrons. The van der Waals surface area contributed by atoms with Crippen molar-refractivity contribution in [3.05, 3.63) is 46.7 Å². The topological polar surface area (TPSA) is 12.0 Å². The number of rotatable bonds is 4. The molecule has 76 valence electrons. The Morgan fingerprint density at radius 1 is 1.64 bits per heavy atom. The molecule has 1 aromatic rings. The number of hydrogen-bond acceptors (Lipinski definition) is 1. The van der Waals surface area contributed by atoms with Gasteiger partial charge in [-0.1, -0.05) is 28.9 Å². The fraction of sp³-hybridized carbons (Fsp3) is 0.273. The predicted molar refractivity (Wildman–Crippen MR) is 60.7 cm³/mol. The van der Waals surface area contributed by atoms with Crippen molar-refractivity contribution in [3.63, 3.8) is 0 Å². The average molecular weight is 258 g/mol. The number of likely N-dealkylation sites (N-methyl/N-ethyl adjacent to an activating group) is 1. The van der Waals surface area contributed by atoms with Crippen LogP contribution in [-0.2, 0) is 0 Å². The maximum absolute atomic E-state index is 13.4. The minimum Gasteiger partial charge on any atom is -0.307 e. The van der Waals surface area contributed by atoms with Crippen LogP contribution in [0.15, 0.2) is 35.3 Å². The predicted octanol–water partition coefficient (Wildman–Crippen LogP) is 3.42. The summed E-state index contributed by atoms with van der Waals surface area (Å²) < 4.78 is 14.3. The molecule has 0 saturated carbocycles. The highest BCUT2D eigenvalue weighted by molar-refractivity contribution is 9.10. The molecule has 1 atom stereocenters. The molecule has 0 fully saturated rings. The Morgan fingerprint density at radius 3 is 2.93 bits per heavy atom. The van der Waals surface area contributed by atoms with Crippen molar-refractivity contribution < 1.29 is 4.39 Å². The molecule has 0 aliphatic rings. The van der Waals surface area contributed by atoms with Gasteiger partial charge in [0.2, 0.25) is 0 Å². The van der Waals surface area contributed by atoms with Crippen molar-refractivity contribution in [1.82, 2.24) is 5.32 Å². The van der Waals surface area contributed by atoms with Crippen LogP contribution in [0.2, 0.25) is 0 Å². The second-order valence-electron chi connectivity index (χ2n) is 2.94. The lowest BCUT2D eigenvalue weighted by atomic mass is 10.1. The number of benzene rings is 1. The van der Waals surface area contributed by atoms with Gasteiger partial charge in [-0.25, -0.2) is 4.39 Å². The molecule has 0 saturated heterocycles. The largest absolute Gasteiger partial charge is 0.307 e. The summed E-state index contributed by atoms with van der Waals surface area (Å²) in [6.45, 7) is 6.44. The highest BCUT2D eigenvalue weighted by Gasteiger charge is 2.11. The first-order chi connectivity index (χ1) is 6.69. The van der Waals surface area contributed by atoms with Crippen molar-refractivity contribution in [2.24, 2.45) is 0 Å². The van der Waals surface area contributed by atoms with Crippen molar-refractivity contribution in [2.45, 2.75) is 13.0 Å². The van der Waals surface area contributed by atoms with Crippen LogP contribution in [0.4, 0.5) is 4.39 Å². The van der Waals surface area contributed by atoms with E-state index in [9.17, 15) is 4.39 Å². The summed E-state index contributed by atoms with van der Waals surface area (Å²) in [6.07, 6.45) is 1.70. The van der Waals surface area contributed by atoms with E-state index in [2.05, 4.69) is 27.8 Å². The van der Waals surface area contributed by atoms with Gasteiger partial charge in [0.25, 0.3) is 0 Å². The SMILES string of the molecule is C=CC(NCC)c1cc(Br)ccc1F. The van der Waals surface area contributed by atoms with Gasteiger partial charge in [0, 0.05) is 10.0 Å². The molecule has 0 heterocycles. The molecule has 0 aromatic heterocycles. The van der Waals surface area contributed by atoms with Gasteiger partial charge < -0.3 is 5.32 Å². The van der Waals surface area contributed by atoms with Gasteiger partial charge >= 0.3 is 0 Å². The van der Waals surface area contributed by atoms with Gasteiger partial charge in [-0.3, -0.25) is 0 Å². The summed E-state index contributed by atoms with van der Waals surface area (Å²) in [5.41, 5.74) is 0.622. The molecule has 0 amide bonds. The van der Waals surface area contributed by atoms with E-state index in [0.29, 0.717) is 5.56 Å². The third-order valence-electron chi connectivity index (χ3n) is 1.95. The smallest absolute Gasteiger partial charge is 0.128 e. The Bertz CT molecular complexity index is 325. The molecular weight excluding hydrogens is 245 g/mol. The van der Waals surface area contributed by atoms with E-state index in [1.807, 2.05) is 6.92 Å². The van der Waals surface area contributed by atoms with Crippen LogP contribution in [0.5, 0.6) is 0 Å². The van der Waals surface area contributed by atoms with Crippen molar-refractivity contribution in [2.75, 3.05) is 6.54 Å². The van der Waals surface area contributed by atoms with Crippen LogP contribution in [-0.4, -0.2) is 6.54 Å². The second-order valence-corrected chi connectivity index (χ2v) is 3.85. The van der Waals surface area contributed by atoms with Crippen molar-refractivity contribution >= 4 is 15.9 Å². The zero-order chi connectivity index (χ0) is 10.6. The first kappa shape index (κ1) is 11.4. The normalized spacial score (nSPS) is 12.5. The minimum atomic E-state index is -0.209. The van der Waals surface area contributed by atoms with Gasteiger partial charge in [0.05, 0.1) is 6.04 Å². The third kappa shape index (κ3) is 2.66. The zero-order valence-electron chi connectivity index (χ0n) is 8.06. The molecule has 3 heteroatoms. The van der Waals surface area contributed by atoms with Crippen LogP contribution in [0.25, 0.3) is 0 Å². The standard InChI is InChI=1S/C11H13BrFN/c1-3-11(14-4-2)9-7-8(12)5-6-10(9)13/h3,5-7,11,14H,1,4H2,2H3. The molecule has 1 rings (SSSR count). The van der Waals surface area contributed by atoms with E-state index in [0.717, 1.165) is 11.0 Å². The molecule has 0 bridgehead atoms. The lowest BCUT2D eigenvalue weighted by Crippen LogP contribution is -2.19. The molecule has 1 N–H and O–H groups in total. The van der Waals surface area contributed by atoms with Crippen LogP contribution in [0.3, 0.4) is 0 Å². The number of halogens is 2. The van der Waals surface area contributed by atoms with E-state index < -0.39 is 0 Å². The van der Waals surface area contributed by atoms with E-state index in [1.165, 1.54) is 6.07 Å². The maximum atomic E-state index is 13.4. The average Bonchev–Trinajstić information content (AvgIpc) is 2.18. The van der Waals surface area contributed by atoms with Crippen molar-refractivity contribution in [1.29, 1.82) is 0 Å². The summed E-state index contributed by atoms with van der Waals surface area (Å²) in [6, 6.07) is 4.78. The minimum absolute atomic E-state index is 0.127. The lowest BCUT2D eigenvalue weighted by Gasteiger charge is -2.14. The summed E-state index contributed by atoms with van der Waals surface area (Å²) in [5.74, 6) is -0.209. The molecular formula is C11H13BrFN. The highest BCUT2D eigenvalue weighted by atomic mass is 79.9. The van der Waals surface area contributed by atoms with Gasteiger partial charge in [-0.2, -0.15) is 0 Å². The molecule has 1 nitrogen and oxygen atoms in total. The Labute approximate surface area is 92.1 Å². The Kier molecular flexibility index (Phi) is 4.29. The van der Waals surface area contributed by atoms with Crippen molar-refractivity contribution in [3.8, 4) is 0 Å². The fourth-order valence-corrected chi connectivity index (χ4v) is 1.67. The first-order valence-corrected chi connectivity index (χ1v) is 5.29. The van der Waals surface area contributed by atoms with Gasteiger partial charge in [-0.15, -0.1) is 6.58 Å². The second kappa shape index (κ2) is 5.27. The Hall–Kier alpha value is -0.670. The lowest BCUT2D eigenvalue weighted by molar-refractivity contribution is 0.567. The van der Waals surface area contributed by atoms with E-state index in [1.54, 1.807) is 18.2 Å². The highest BCUT2D eigenvalue weighted by Crippen LogP contribution is 2.22. The van der Waals surface area contributed by atoms with Gasteiger partial charge in [0.1, 0.15) is 5.82 Å². The third-order valence-corrected chi connectivity index (χ3v) is 2.45. The molecule has 14 heavy (non-hydrogen) atoms. The Morgan fingerprint density at radius 2 is 2.36 bits per heavy atom. The van der Waals surface area contributed by atoms with Crippen LogP contribution >= 0.6 is 15.9 Å². The van der Waals surface area contributed by atoms with Gasteiger partial charge in [0.15, 0.2) is 0 Å². The quantitative estimate of drug-likeness (QED) is 0.816. The number of hydrogen-bond donors (Lipinski definition) is 1. The summed E-state index contributed by atoms with van der Waals surface area (Å²) >= 11 is 3.32. The molecule has 0 spiro atoms. The molecule has 0 aliphatic heterocycles. The number of nitrogens with one attached hydrogen (secondary N) is 1. The molecule has 1 unspecified atom stereocenters. The summed E-state index contributed by atoms with van der Waals surface area (Å²) in [5, 5.41) is 3.14. The molecule has 0 aliphatic carbocycles. The van der Waals surface area contributed by atoms with E-state index >= 15 is 0 Å². The summed E-state index contributed by atoms with van der Waals surface area (Å²) in [7, 11) is 0. The van der Waals surface area contributed by atoms with Crippen LogP contribution in [0.1, 0.15) is 18.5 Å². The first-order valence-electron chi connectivity index (χ1n) is 4.50. The fourth-order valence-electron chi connectivity index (χ4n) is 1.29. The van der Waals surface area contributed by atoms with Crippen LogP contribution in [0, 0.1) is 5.82 Å². The van der Waals surface area contributed by atoms with Crippen LogP contribution < -0.4 is 5.32 Å². The Balaban J connectivity index is 3.01.